The lowest BCUT2D eigenvalue weighted by Gasteiger charge is -2.03. The van der Waals surface area contributed by atoms with E-state index in [1.54, 1.807) is 0 Å². The minimum absolute atomic E-state index is 0.265. The van der Waals surface area contributed by atoms with E-state index < -0.39 is 0 Å². The third-order valence-electron chi connectivity index (χ3n) is 1.74. The van der Waals surface area contributed by atoms with Gasteiger partial charge < -0.3 is 9.47 Å². The molecule has 2 N–H and O–H groups in total. The molecule has 1 aliphatic rings. The molecule has 1 aromatic rings. The highest BCUT2D eigenvalue weighted by atomic mass is 79.9. The van der Waals surface area contributed by atoms with Gasteiger partial charge in [-0.05, 0) is 33.6 Å². The van der Waals surface area contributed by atoms with Crippen LogP contribution in [0.5, 0.6) is 11.5 Å². The Hall–Kier alpha value is -0.780. The van der Waals surface area contributed by atoms with Crippen LogP contribution in [-0.4, -0.2) is 6.79 Å². The molecule has 70 valence electrons. The van der Waals surface area contributed by atoms with Gasteiger partial charge in [0.25, 0.3) is 0 Å². The molecule has 0 saturated heterocycles. The van der Waals surface area contributed by atoms with Crippen LogP contribution >= 0.6 is 15.9 Å². The third-order valence-corrected chi connectivity index (χ3v) is 2.33. The van der Waals surface area contributed by atoms with Crippen molar-refractivity contribution in [2.24, 2.45) is 5.90 Å². The highest BCUT2D eigenvalue weighted by molar-refractivity contribution is 9.10. The maximum Gasteiger partial charge on any atom is 0.231 e. The second-order valence-electron chi connectivity index (χ2n) is 2.62. The highest BCUT2D eigenvalue weighted by Gasteiger charge is 2.17. The Morgan fingerprint density at radius 1 is 1.46 bits per heavy atom. The minimum atomic E-state index is 0.265. The summed E-state index contributed by atoms with van der Waals surface area (Å²) in [7, 11) is 0. The van der Waals surface area contributed by atoms with E-state index in [1.165, 1.54) is 0 Å². The average Bonchev–Trinajstić information content (AvgIpc) is 2.53. The Bertz CT molecular complexity index is 329. The van der Waals surface area contributed by atoms with Crippen molar-refractivity contribution in [2.45, 2.75) is 6.61 Å². The van der Waals surface area contributed by atoms with Crippen LogP contribution in [0.25, 0.3) is 0 Å². The molecule has 0 atom stereocenters. The molecule has 0 spiro atoms. The van der Waals surface area contributed by atoms with E-state index in [0.29, 0.717) is 6.61 Å². The second-order valence-corrected chi connectivity index (χ2v) is 3.48. The lowest BCUT2D eigenvalue weighted by Crippen LogP contribution is -1.98. The van der Waals surface area contributed by atoms with Gasteiger partial charge in [0.15, 0.2) is 11.5 Å². The summed E-state index contributed by atoms with van der Waals surface area (Å²) in [6.07, 6.45) is 0. The van der Waals surface area contributed by atoms with Gasteiger partial charge in [0, 0.05) is 0 Å². The zero-order valence-electron chi connectivity index (χ0n) is 6.75. The molecule has 0 amide bonds. The first-order valence-electron chi connectivity index (χ1n) is 3.71. The molecular weight excluding hydrogens is 238 g/mol. The number of nitrogens with two attached hydrogens (primary N) is 1. The Balaban J connectivity index is 2.37. The fourth-order valence-electron chi connectivity index (χ4n) is 1.20. The molecule has 0 unspecified atom stereocenters. The summed E-state index contributed by atoms with van der Waals surface area (Å²) in [4.78, 5) is 4.53. The van der Waals surface area contributed by atoms with E-state index in [-0.39, 0.29) is 6.79 Å². The van der Waals surface area contributed by atoms with Crippen LogP contribution in [-0.2, 0) is 11.4 Å². The predicted octanol–water partition coefficient (Wildman–Crippen LogP) is 1.57. The summed E-state index contributed by atoms with van der Waals surface area (Å²) < 4.78 is 11.3. The number of ether oxygens (including phenoxy) is 2. The Kier molecular flexibility index (Phi) is 2.39. The quantitative estimate of drug-likeness (QED) is 0.804. The smallest absolute Gasteiger partial charge is 0.231 e. The highest BCUT2D eigenvalue weighted by Crippen LogP contribution is 2.39. The van der Waals surface area contributed by atoms with E-state index in [4.69, 9.17) is 15.4 Å². The summed E-state index contributed by atoms with van der Waals surface area (Å²) in [5.41, 5.74) is 0.943. The van der Waals surface area contributed by atoms with Crippen LogP contribution < -0.4 is 15.4 Å². The van der Waals surface area contributed by atoms with Gasteiger partial charge in [0.2, 0.25) is 6.79 Å². The number of fused-ring (bicyclic) bond motifs is 1. The molecule has 1 aromatic carbocycles. The predicted molar refractivity (Wildman–Crippen MR) is 49.2 cm³/mol. The number of halogens is 1. The van der Waals surface area contributed by atoms with Crippen molar-refractivity contribution in [3.63, 3.8) is 0 Å². The molecule has 0 saturated carbocycles. The fraction of sp³-hybridized carbons (Fsp3) is 0.250. The Labute approximate surface area is 83.7 Å². The molecule has 4 nitrogen and oxygen atoms in total. The lowest BCUT2D eigenvalue weighted by molar-refractivity contribution is 0.124. The Morgan fingerprint density at radius 2 is 2.31 bits per heavy atom. The van der Waals surface area contributed by atoms with Crippen molar-refractivity contribution in [2.75, 3.05) is 6.79 Å². The topological polar surface area (TPSA) is 53.7 Å². The van der Waals surface area contributed by atoms with E-state index >= 15 is 0 Å². The first-order chi connectivity index (χ1) is 6.31. The maximum atomic E-state index is 5.22. The zero-order chi connectivity index (χ0) is 9.26. The van der Waals surface area contributed by atoms with Crippen LogP contribution in [0.1, 0.15) is 5.56 Å². The van der Waals surface area contributed by atoms with Crippen molar-refractivity contribution in [1.29, 1.82) is 0 Å². The summed E-state index contributed by atoms with van der Waals surface area (Å²) in [5, 5.41) is 0. The van der Waals surface area contributed by atoms with Gasteiger partial charge in [-0.15, -0.1) is 0 Å². The van der Waals surface area contributed by atoms with Crippen molar-refractivity contribution in [1.82, 2.24) is 0 Å². The van der Waals surface area contributed by atoms with E-state index in [1.807, 2.05) is 12.1 Å². The first kappa shape index (κ1) is 8.80. The van der Waals surface area contributed by atoms with Crippen LogP contribution in [0.3, 0.4) is 0 Å². The lowest BCUT2D eigenvalue weighted by atomic mass is 10.2. The third kappa shape index (κ3) is 1.63. The summed E-state index contributed by atoms with van der Waals surface area (Å²) >= 11 is 3.37. The second kappa shape index (κ2) is 3.53. The van der Waals surface area contributed by atoms with Crippen molar-refractivity contribution in [3.8, 4) is 11.5 Å². The molecule has 13 heavy (non-hydrogen) atoms. The molecule has 0 aromatic heterocycles. The average molecular weight is 246 g/mol. The number of benzene rings is 1. The molecule has 0 radical (unpaired) electrons. The Morgan fingerprint density at radius 3 is 3.08 bits per heavy atom. The summed E-state index contributed by atoms with van der Waals surface area (Å²) in [6.45, 7) is 0.621. The van der Waals surface area contributed by atoms with Crippen molar-refractivity contribution in [3.05, 3.63) is 22.2 Å². The van der Waals surface area contributed by atoms with Gasteiger partial charge in [-0.3, -0.25) is 4.84 Å². The molecule has 5 heteroatoms. The molecule has 1 heterocycles. The molecule has 1 aliphatic heterocycles. The van der Waals surface area contributed by atoms with E-state index in [9.17, 15) is 0 Å². The standard InChI is InChI=1S/C8H8BrNO3/c9-6-1-5(3-13-10)2-7-8(6)12-4-11-7/h1-2H,3-4,10H2. The molecular formula is C8H8BrNO3. The summed E-state index contributed by atoms with van der Waals surface area (Å²) in [6, 6.07) is 3.74. The minimum Gasteiger partial charge on any atom is -0.454 e. The van der Waals surface area contributed by atoms with Gasteiger partial charge in [0.1, 0.15) is 0 Å². The fourth-order valence-corrected chi connectivity index (χ4v) is 1.80. The normalized spacial score (nSPS) is 13.4. The van der Waals surface area contributed by atoms with Gasteiger partial charge in [-0.1, -0.05) is 0 Å². The molecule has 0 fully saturated rings. The van der Waals surface area contributed by atoms with Crippen LogP contribution in [0.2, 0.25) is 0 Å². The van der Waals surface area contributed by atoms with E-state index in [0.717, 1.165) is 21.5 Å². The number of hydrogen-bond acceptors (Lipinski definition) is 4. The van der Waals surface area contributed by atoms with Crippen LogP contribution in [0.15, 0.2) is 16.6 Å². The van der Waals surface area contributed by atoms with Gasteiger partial charge in [-0.2, -0.15) is 0 Å². The monoisotopic (exact) mass is 245 g/mol. The molecule has 2 rings (SSSR count). The first-order valence-corrected chi connectivity index (χ1v) is 4.50. The molecule has 0 aliphatic carbocycles. The zero-order valence-corrected chi connectivity index (χ0v) is 8.33. The van der Waals surface area contributed by atoms with Crippen molar-refractivity contribution >= 4 is 15.9 Å². The van der Waals surface area contributed by atoms with Crippen molar-refractivity contribution < 1.29 is 14.3 Å². The SMILES string of the molecule is NOCc1cc(Br)c2c(c1)OCO2. The van der Waals surface area contributed by atoms with Gasteiger partial charge >= 0.3 is 0 Å². The van der Waals surface area contributed by atoms with Gasteiger partial charge in [0.05, 0.1) is 11.1 Å². The molecule has 0 bridgehead atoms. The van der Waals surface area contributed by atoms with Gasteiger partial charge in [-0.25, -0.2) is 5.90 Å². The largest absolute Gasteiger partial charge is 0.454 e. The maximum absolute atomic E-state index is 5.22. The van der Waals surface area contributed by atoms with Crippen LogP contribution in [0.4, 0.5) is 0 Å². The summed E-state index contributed by atoms with van der Waals surface area (Å²) in [5.74, 6) is 6.43. The number of rotatable bonds is 2. The van der Waals surface area contributed by atoms with Crippen LogP contribution in [0, 0.1) is 0 Å². The number of hydrogen-bond donors (Lipinski definition) is 1. The van der Waals surface area contributed by atoms with E-state index in [2.05, 4.69) is 20.8 Å².